The fraction of sp³-hybridized carbons (Fsp3) is 0.353. The van der Waals surface area contributed by atoms with Crippen molar-refractivity contribution in [2.75, 3.05) is 13.7 Å². The van der Waals surface area contributed by atoms with Gasteiger partial charge in [-0.2, -0.15) is 5.10 Å². The van der Waals surface area contributed by atoms with Gasteiger partial charge in [0, 0.05) is 11.1 Å². The molecule has 0 spiro atoms. The molecular formula is C17H19N3O6. The fourth-order valence-corrected chi connectivity index (χ4v) is 2.94. The Balaban J connectivity index is 1.89. The van der Waals surface area contributed by atoms with Gasteiger partial charge in [-0.15, -0.1) is 0 Å². The maximum atomic E-state index is 12.5. The molecule has 1 aliphatic heterocycles. The summed E-state index contributed by atoms with van der Waals surface area (Å²) in [5.74, 6) is -1.07. The Hall–Kier alpha value is -2.75. The lowest BCUT2D eigenvalue weighted by Gasteiger charge is -2.21. The first-order valence-corrected chi connectivity index (χ1v) is 7.98. The minimum atomic E-state index is -1.17. The highest BCUT2D eigenvalue weighted by atomic mass is 16.5. The number of aliphatic hydroxyl groups is 2. The zero-order valence-electron chi connectivity index (χ0n) is 14.0. The van der Waals surface area contributed by atoms with E-state index >= 15 is 0 Å². The summed E-state index contributed by atoms with van der Waals surface area (Å²) in [6, 6.07) is 7.59. The highest BCUT2D eigenvalue weighted by Gasteiger charge is 2.46. The van der Waals surface area contributed by atoms with Gasteiger partial charge < -0.3 is 25.0 Å². The van der Waals surface area contributed by atoms with E-state index in [1.807, 2.05) is 0 Å². The van der Waals surface area contributed by atoms with Gasteiger partial charge in [0.05, 0.1) is 26.0 Å². The summed E-state index contributed by atoms with van der Waals surface area (Å²) in [5.41, 5.74) is 0.791. The first kappa shape index (κ1) is 18.1. The van der Waals surface area contributed by atoms with E-state index in [2.05, 4.69) is 15.5 Å². The highest BCUT2D eigenvalue weighted by molar-refractivity contribution is 5.94. The van der Waals surface area contributed by atoms with E-state index in [0.29, 0.717) is 11.1 Å². The van der Waals surface area contributed by atoms with Crippen LogP contribution in [-0.4, -0.2) is 64.3 Å². The second-order valence-corrected chi connectivity index (χ2v) is 5.83. The molecule has 4 N–H and O–H groups in total. The van der Waals surface area contributed by atoms with E-state index in [9.17, 15) is 19.8 Å². The average Bonchev–Trinajstić information content (AvgIpc) is 3.27. The molecule has 2 aromatic rings. The maximum Gasteiger partial charge on any atom is 0.356 e. The quantitative estimate of drug-likeness (QED) is 0.541. The van der Waals surface area contributed by atoms with Crippen molar-refractivity contribution in [2.45, 2.75) is 24.4 Å². The molecule has 9 heteroatoms. The molecule has 3 rings (SSSR count). The van der Waals surface area contributed by atoms with Gasteiger partial charge in [0.1, 0.15) is 24.0 Å². The van der Waals surface area contributed by atoms with Crippen LogP contribution in [0.2, 0.25) is 0 Å². The van der Waals surface area contributed by atoms with Gasteiger partial charge >= 0.3 is 5.97 Å². The Morgan fingerprint density at radius 3 is 2.73 bits per heavy atom. The predicted molar refractivity (Wildman–Crippen MR) is 88.3 cm³/mol. The second kappa shape index (κ2) is 7.65. The monoisotopic (exact) mass is 361 g/mol. The number of amides is 1. The molecule has 1 amide bonds. The van der Waals surface area contributed by atoms with Crippen molar-refractivity contribution in [1.29, 1.82) is 0 Å². The number of nitrogens with one attached hydrogen (secondary N) is 2. The predicted octanol–water partition coefficient (Wildman–Crippen LogP) is -0.212. The molecule has 1 aromatic heterocycles. The Morgan fingerprint density at radius 1 is 1.35 bits per heavy atom. The summed E-state index contributed by atoms with van der Waals surface area (Å²) in [6.45, 7) is -0.444. The topological polar surface area (TPSA) is 134 Å². The van der Waals surface area contributed by atoms with E-state index < -0.39 is 42.8 Å². The highest BCUT2D eigenvalue weighted by Crippen LogP contribution is 2.35. The first-order valence-electron chi connectivity index (χ1n) is 7.98. The molecule has 26 heavy (non-hydrogen) atoms. The third-order valence-corrected chi connectivity index (χ3v) is 4.27. The third kappa shape index (κ3) is 3.32. The van der Waals surface area contributed by atoms with Crippen molar-refractivity contribution in [1.82, 2.24) is 15.5 Å². The number of nitrogens with zero attached hydrogens (tertiary/aromatic N) is 1. The number of rotatable bonds is 5. The Labute approximate surface area is 148 Å². The standard InChI is InChI=1S/C17H19N3O6/c1-25-17(24)12-10(7-18-20-12)15-13(14(22)11(8-21)26-15)19-16(23)9-5-3-2-4-6-9/h2-7,11,13-15,21-22H,8H2,1H3,(H,18,20)(H,19,23)/t11-,13-,14-,15+/m1/s1. The Kier molecular flexibility index (Phi) is 5.31. The van der Waals surface area contributed by atoms with E-state index in [1.165, 1.54) is 13.3 Å². The van der Waals surface area contributed by atoms with Crippen LogP contribution < -0.4 is 5.32 Å². The molecule has 1 aromatic carbocycles. The molecule has 0 aliphatic carbocycles. The number of ether oxygens (including phenoxy) is 2. The SMILES string of the molecule is COC(=O)c1[nH]ncc1[C@@H]1O[C@H](CO)[C@@H](O)[C@H]1NC(=O)c1ccccc1. The van der Waals surface area contributed by atoms with Crippen molar-refractivity contribution in [2.24, 2.45) is 0 Å². The van der Waals surface area contributed by atoms with E-state index in [-0.39, 0.29) is 5.69 Å². The summed E-state index contributed by atoms with van der Waals surface area (Å²) >= 11 is 0. The van der Waals surface area contributed by atoms with E-state index in [0.717, 1.165) is 0 Å². The number of aliphatic hydroxyl groups excluding tert-OH is 2. The maximum absolute atomic E-state index is 12.5. The molecule has 2 heterocycles. The summed E-state index contributed by atoms with van der Waals surface area (Å²) in [5, 5.41) is 28.9. The molecule has 1 fully saturated rings. The van der Waals surface area contributed by atoms with Crippen molar-refractivity contribution >= 4 is 11.9 Å². The summed E-state index contributed by atoms with van der Waals surface area (Å²) < 4.78 is 10.4. The number of hydrogen-bond donors (Lipinski definition) is 4. The number of benzene rings is 1. The molecule has 4 atom stereocenters. The van der Waals surface area contributed by atoms with Gasteiger partial charge in [-0.3, -0.25) is 9.89 Å². The first-order chi connectivity index (χ1) is 12.6. The van der Waals surface area contributed by atoms with Crippen LogP contribution >= 0.6 is 0 Å². The molecule has 0 unspecified atom stereocenters. The normalized spacial score (nSPS) is 25.0. The number of carbonyl (C=O) groups is 2. The van der Waals surface area contributed by atoms with Crippen LogP contribution in [-0.2, 0) is 9.47 Å². The lowest BCUT2D eigenvalue weighted by molar-refractivity contribution is -0.0228. The van der Waals surface area contributed by atoms with Crippen LogP contribution in [0, 0.1) is 0 Å². The lowest BCUT2D eigenvalue weighted by atomic mass is 9.98. The van der Waals surface area contributed by atoms with Crippen LogP contribution in [0.15, 0.2) is 36.5 Å². The van der Waals surface area contributed by atoms with Gasteiger partial charge in [-0.05, 0) is 12.1 Å². The molecule has 9 nitrogen and oxygen atoms in total. The Morgan fingerprint density at radius 2 is 2.08 bits per heavy atom. The third-order valence-electron chi connectivity index (χ3n) is 4.27. The number of hydrogen-bond acceptors (Lipinski definition) is 7. The molecular weight excluding hydrogens is 342 g/mol. The number of aromatic amines is 1. The van der Waals surface area contributed by atoms with Crippen molar-refractivity contribution in [3.8, 4) is 0 Å². The number of carbonyl (C=O) groups excluding carboxylic acids is 2. The second-order valence-electron chi connectivity index (χ2n) is 5.83. The summed E-state index contributed by atoms with van der Waals surface area (Å²) in [6.07, 6.45) is -1.60. The van der Waals surface area contributed by atoms with Crippen LogP contribution in [0.25, 0.3) is 0 Å². The number of H-pyrrole nitrogens is 1. The van der Waals surface area contributed by atoms with Crippen molar-refractivity contribution in [3.63, 3.8) is 0 Å². The van der Waals surface area contributed by atoms with Crippen LogP contribution in [0.4, 0.5) is 0 Å². The minimum absolute atomic E-state index is 0.0576. The fourth-order valence-electron chi connectivity index (χ4n) is 2.94. The molecule has 138 valence electrons. The summed E-state index contributed by atoms with van der Waals surface area (Å²) in [7, 11) is 1.22. The zero-order valence-corrected chi connectivity index (χ0v) is 14.0. The van der Waals surface area contributed by atoms with Gasteiger partial charge in [-0.25, -0.2) is 4.79 Å². The molecule has 0 bridgehead atoms. The van der Waals surface area contributed by atoms with Gasteiger partial charge in [0.25, 0.3) is 5.91 Å². The van der Waals surface area contributed by atoms with Crippen molar-refractivity contribution in [3.05, 3.63) is 53.3 Å². The van der Waals surface area contributed by atoms with Crippen LogP contribution in [0.1, 0.15) is 32.5 Å². The number of esters is 1. The molecule has 0 saturated carbocycles. The molecule has 0 radical (unpaired) electrons. The number of aromatic nitrogens is 2. The molecule has 1 saturated heterocycles. The van der Waals surface area contributed by atoms with Crippen molar-refractivity contribution < 1.29 is 29.3 Å². The summed E-state index contributed by atoms with van der Waals surface area (Å²) in [4.78, 5) is 24.4. The van der Waals surface area contributed by atoms with Crippen LogP contribution in [0.3, 0.4) is 0 Å². The minimum Gasteiger partial charge on any atom is -0.464 e. The average molecular weight is 361 g/mol. The molecule has 1 aliphatic rings. The Bertz CT molecular complexity index is 778. The van der Waals surface area contributed by atoms with Crippen LogP contribution in [0.5, 0.6) is 0 Å². The largest absolute Gasteiger partial charge is 0.464 e. The smallest absolute Gasteiger partial charge is 0.356 e. The number of methoxy groups -OCH3 is 1. The zero-order chi connectivity index (χ0) is 18.7. The van der Waals surface area contributed by atoms with Gasteiger partial charge in [-0.1, -0.05) is 18.2 Å². The van der Waals surface area contributed by atoms with Gasteiger partial charge in [0.15, 0.2) is 0 Å². The lowest BCUT2D eigenvalue weighted by Crippen LogP contribution is -2.46. The van der Waals surface area contributed by atoms with E-state index in [4.69, 9.17) is 9.47 Å². The van der Waals surface area contributed by atoms with E-state index in [1.54, 1.807) is 30.3 Å². The van der Waals surface area contributed by atoms with Gasteiger partial charge in [0.2, 0.25) is 0 Å².